The van der Waals surface area contributed by atoms with Gasteiger partial charge in [0.1, 0.15) is 11.6 Å². The van der Waals surface area contributed by atoms with Crippen molar-refractivity contribution in [3.63, 3.8) is 0 Å². The molecule has 1 heterocycles. The number of hydrogen-bond acceptors (Lipinski definition) is 3. The molecule has 4 nitrogen and oxygen atoms in total. The number of amides is 2. The van der Waals surface area contributed by atoms with E-state index in [4.69, 9.17) is 4.74 Å². The zero-order valence-corrected chi connectivity index (χ0v) is 15.7. The van der Waals surface area contributed by atoms with E-state index in [-0.39, 0.29) is 29.7 Å². The lowest BCUT2D eigenvalue weighted by Crippen LogP contribution is -2.31. The highest BCUT2D eigenvalue weighted by Gasteiger charge is 2.29. The monoisotopic (exact) mass is 369 g/mol. The summed E-state index contributed by atoms with van der Waals surface area (Å²) in [6.45, 7) is 4.31. The number of nitrogens with zero attached hydrogens (tertiary/aromatic N) is 1. The quantitative estimate of drug-likeness (QED) is 0.684. The molecular weight excluding hydrogens is 345 g/mol. The fourth-order valence-corrected chi connectivity index (χ4v) is 3.40. The first-order chi connectivity index (χ1) is 12.9. The summed E-state index contributed by atoms with van der Waals surface area (Å²) in [5.74, 6) is 0.233. The summed E-state index contributed by atoms with van der Waals surface area (Å²) in [5.41, 5.74) is 1.99. The van der Waals surface area contributed by atoms with Crippen LogP contribution < -0.4 is 4.74 Å². The van der Waals surface area contributed by atoms with Crippen LogP contribution in [0, 0.1) is 5.82 Å². The SMILES string of the molecule is CC(C)Oc1ccc([C@@H](CCN2C(=O)CCC2=O)c2ccc(F)cc2)cc1. The fourth-order valence-electron chi connectivity index (χ4n) is 3.40. The molecule has 5 heteroatoms. The van der Waals surface area contributed by atoms with Crippen LogP contribution in [-0.4, -0.2) is 29.4 Å². The number of likely N-dealkylation sites (tertiary alicyclic amines) is 1. The van der Waals surface area contributed by atoms with E-state index in [1.807, 2.05) is 38.1 Å². The molecular formula is C22H24FNO3. The van der Waals surface area contributed by atoms with E-state index in [0.717, 1.165) is 16.9 Å². The predicted molar refractivity (Wildman–Crippen MR) is 101 cm³/mol. The van der Waals surface area contributed by atoms with Gasteiger partial charge in [-0.3, -0.25) is 14.5 Å². The van der Waals surface area contributed by atoms with Gasteiger partial charge in [0.05, 0.1) is 6.10 Å². The van der Waals surface area contributed by atoms with Crippen LogP contribution in [0.3, 0.4) is 0 Å². The van der Waals surface area contributed by atoms with Gasteiger partial charge in [-0.25, -0.2) is 4.39 Å². The molecule has 0 unspecified atom stereocenters. The molecule has 27 heavy (non-hydrogen) atoms. The molecule has 1 atom stereocenters. The van der Waals surface area contributed by atoms with E-state index in [9.17, 15) is 14.0 Å². The minimum Gasteiger partial charge on any atom is -0.491 e. The maximum absolute atomic E-state index is 13.3. The summed E-state index contributed by atoms with van der Waals surface area (Å²) in [5, 5.41) is 0. The third-order valence-corrected chi connectivity index (χ3v) is 4.72. The minimum absolute atomic E-state index is 0.0418. The Bertz CT molecular complexity index is 783. The van der Waals surface area contributed by atoms with Crippen LogP contribution in [0.2, 0.25) is 0 Å². The smallest absolute Gasteiger partial charge is 0.229 e. The molecule has 142 valence electrons. The van der Waals surface area contributed by atoms with Crippen molar-refractivity contribution < 1.29 is 18.7 Å². The molecule has 1 fully saturated rings. The average Bonchev–Trinajstić information content (AvgIpc) is 2.96. The van der Waals surface area contributed by atoms with Gasteiger partial charge in [0.15, 0.2) is 0 Å². The van der Waals surface area contributed by atoms with E-state index < -0.39 is 0 Å². The second kappa shape index (κ2) is 8.33. The minimum atomic E-state index is -0.289. The molecule has 1 aliphatic rings. The molecule has 2 amide bonds. The second-order valence-electron chi connectivity index (χ2n) is 7.07. The highest BCUT2D eigenvalue weighted by Crippen LogP contribution is 2.30. The first kappa shape index (κ1) is 19.1. The largest absolute Gasteiger partial charge is 0.491 e. The molecule has 0 N–H and O–H groups in total. The Morgan fingerprint density at radius 2 is 1.44 bits per heavy atom. The van der Waals surface area contributed by atoms with E-state index >= 15 is 0 Å². The zero-order chi connectivity index (χ0) is 19.4. The highest BCUT2D eigenvalue weighted by atomic mass is 19.1. The van der Waals surface area contributed by atoms with Crippen molar-refractivity contribution in [1.82, 2.24) is 4.90 Å². The third kappa shape index (κ3) is 4.73. The maximum atomic E-state index is 13.3. The first-order valence-corrected chi connectivity index (χ1v) is 9.29. The normalized spacial score (nSPS) is 15.5. The van der Waals surface area contributed by atoms with Crippen molar-refractivity contribution in [2.24, 2.45) is 0 Å². The Morgan fingerprint density at radius 3 is 1.96 bits per heavy atom. The molecule has 2 aromatic rings. The summed E-state index contributed by atoms with van der Waals surface area (Å²) in [4.78, 5) is 25.1. The van der Waals surface area contributed by atoms with Gasteiger partial charge < -0.3 is 4.74 Å². The van der Waals surface area contributed by atoms with Crippen LogP contribution in [-0.2, 0) is 9.59 Å². The molecule has 0 spiro atoms. The number of benzene rings is 2. The van der Waals surface area contributed by atoms with Crippen molar-refractivity contribution in [3.8, 4) is 5.75 Å². The average molecular weight is 369 g/mol. The van der Waals surface area contributed by atoms with E-state index in [2.05, 4.69) is 0 Å². The molecule has 1 aliphatic heterocycles. The molecule has 0 radical (unpaired) electrons. The molecule has 0 bridgehead atoms. The summed E-state index contributed by atoms with van der Waals surface area (Å²) < 4.78 is 19.0. The van der Waals surface area contributed by atoms with Crippen molar-refractivity contribution >= 4 is 11.8 Å². The molecule has 0 aliphatic carbocycles. The number of carbonyl (C=O) groups is 2. The van der Waals surface area contributed by atoms with Crippen molar-refractivity contribution in [2.75, 3.05) is 6.54 Å². The predicted octanol–water partition coefficient (Wildman–Crippen LogP) is 4.28. The molecule has 3 rings (SSSR count). The zero-order valence-electron chi connectivity index (χ0n) is 15.7. The van der Waals surface area contributed by atoms with Crippen molar-refractivity contribution in [1.29, 1.82) is 0 Å². The Labute approximate surface area is 158 Å². The fraction of sp³-hybridized carbons (Fsp3) is 0.364. The summed E-state index contributed by atoms with van der Waals surface area (Å²) in [6, 6.07) is 14.2. The lowest BCUT2D eigenvalue weighted by Gasteiger charge is -2.22. The Kier molecular flexibility index (Phi) is 5.89. The van der Waals surface area contributed by atoms with Crippen LogP contribution in [0.5, 0.6) is 5.75 Å². The summed E-state index contributed by atoms with van der Waals surface area (Å²) >= 11 is 0. The van der Waals surface area contributed by atoms with Crippen LogP contribution in [0.1, 0.15) is 50.2 Å². The molecule has 1 saturated heterocycles. The number of hydrogen-bond donors (Lipinski definition) is 0. The van der Waals surface area contributed by atoms with Gasteiger partial charge in [0.2, 0.25) is 11.8 Å². The van der Waals surface area contributed by atoms with Crippen LogP contribution in [0.25, 0.3) is 0 Å². The Hall–Kier alpha value is -2.69. The van der Waals surface area contributed by atoms with E-state index in [1.54, 1.807) is 12.1 Å². The molecule has 2 aromatic carbocycles. The van der Waals surface area contributed by atoms with Crippen LogP contribution in [0.4, 0.5) is 4.39 Å². The van der Waals surface area contributed by atoms with Gasteiger partial charge in [0.25, 0.3) is 0 Å². The van der Waals surface area contributed by atoms with Crippen molar-refractivity contribution in [2.45, 2.75) is 45.1 Å². The summed E-state index contributed by atoms with van der Waals surface area (Å²) in [7, 11) is 0. The summed E-state index contributed by atoms with van der Waals surface area (Å²) in [6.07, 6.45) is 1.27. The molecule has 0 saturated carbocycles. The number of carbonyl (C=O) groups excluding carboxylic acids is 2. The number of ether oxygens (including phenoxy) is 1. The lowest BCUT2D eigenvalue weighted by molar-refractivity contribution is -0.138. The lowest BCUT2D eigenvalue weighted by atomic mass is 9.88. The Balaban J connectivity index is 1.82. The van der Waals surface area contributed by atoms with Crippen LogP contribution in [0.15, 0.2) is 48.5 Å². The number of rotatable bonds is 7. The van der Waals surface area contributed by atoms with Gasteiger partial charge in [-0.1, -0.05) is 24.3 Å². The topological polar surface area (TPSA) is 46.6 Å². The van der Waals surface area contributed by atoms with Crippen LogP contribution >= 0.6 is 0 Å². The first-order valence-electron chi connectivity index (χ1n) is 9.29. The van der Waals surface area contributed by atoms with Gasteiger partial charge >= 0.3 is 0 Å². The Morgan fingerprint density at radius 1 is 0.926 bits per heavy atom. The van der Waals surface area contributed by atoms with Gasteiger partial charge in [0, 0.05) is 25.3 Å². The van der Waals surface area contributed by atoms with Crippen molar-refractivity contribution in [3.05, 3.63) is 65.5 Å². The second-order valence-corrected chi connectivity index (χ2v) is 7.07. The van der Waals surface area contributed by atoms with Gasteiger partial charge in [-0.05, 0) is 55.7 Å². The van der Waals surface area contributed by atoms with E-state index in [0.29, 0.717) is 25.8 Å². The van der Waals surface area contributed by atoms with E-state index in [1.165, 1.54) is 17.0 Å². The van der Waals surface area contributed by atoms with Gasteiger partial charge in [-0.15, -0.1) is 0 Å². The standard InChI is InChI=1S/C22H24FNO3/c1-15(2)27-19-9-5-17(6-10-19)20(16-3-7-18(23)8-4-16)13-14-24-21(25)11-12-22(24)26/h3-10,15,20H,11-14H2,1-2H3/t20-/m0/s1. The number of halogens is 1. The highest BCUT2D eigenvalue weighted by molar-refractivity contribution is 6.01. The van der Waals surface area contributed by atoms with Gasteiger partial charge in [-0.2, -0.15) is 0 Å². The molecule has 0 aromatic heterocycles. The number of imide groups is 1. The maximum Gasteiger partial charge on any atom is 0.229 e. The third-order valence-electron chi connectivity index (χ3n) is 4.72.